The van der Waals surface area contributed by atoms with Gasteiger partial charge in [0.2, 0.25) is 5.91 Å². The summed E-state index contributed by atoms with van der Waals surface area (Å²) in [5.41, 5.74) is 1.96. The molecular weight excluding hydrogens is 428 g/mol. The van der Waals surface area contributed by atoms with E-state index in [1.54, 1.807) is 10.6 Å². The summed E-state index contributed by atoms with van der Waals surface area (Å²) in [5.74, 6) is -1.75. The lowest BCUT2D eigenvalue weighted by Crippen LogP contribution is -2.39. The third-order valence-electron chi connectivity index (χ3n) is 5.73. The molecule has 0 saturated carbocycles. The molecule has 1 aliphatic rings. The number of carbonyl (C=O) groups is 2. The highest BCUT2D eigenvalue weighted by molar-refractivity contribution is 5.87. The van der Waals surface area contributed by atoms with Crippen molar-refractivity contribution in [2.45, 2.75) is 44.4 Å². The summed E-state index contributed by atoms with van der Waals surface area (Å²) < 4.78 is 53.6. The number of hydrogen-bond acceptors (Lipinski definition) is 2. The minimum atomic E-state index is -4.43. The average Bonchev–Trinajstić information content (AvgIpc) is 2.99. The summed E-state index contributed by atoms with van der Waals surface area (Å²) in [6.07, 6.45) is -2.98. The number of hydrogen-bond donors (Lipinski definition) is 2. The fourth-order valence-corrected chi connectivity index (χ4v) is 4.34. The van der Waals surface area contributed by atoms with E-state index >= 15 is 0 Å². The quantitative estimate of drug-likeness (QED) is 0.578. The molecule has 1 heterocycles. The second kappa shape index (κ2) is 8.29. The molecule has 0 bridgehead atoms. The zero-order valence-corrected chi connectivity index (χ0v) is 16.9. The zero-order chi connectivity index (χ0) is 23.0. The van der Waals surface area contributed by atoms with Crippen molar-refractivity contribution in [1.29, 1.82) is 0 Å². The van der Waals surface area contributed by atoms with Gasteiger partial charge in [-0.05, 0) is 60.7 Å². The Hall–Kier alpha value is -3.36. The second-order valence-corrected chi connectivity index (χ2v) is 7.95. The number of fused-ring (bicyclic) bond motifs is 3. The minimum absolute atomic E-state index is 0.0586. The lowest BCUT2D eigenvalue weighted by molar-refractivity contribution is -0.138. The number of carboxylic acids is 1. The predicted octanol–water partition coefficient (Wildman–Crippen LogP) is 4.10. The van der Waals surface area contributed by atoms with Gasteiger partial charge in [-0.25, -0.2) is 4.39 Å². The van der Waals surface area contributed by atoms with Crippen LogP contribution in [0.2, 0.25) is 0 Å². The molecule has 1 aliphatic carbocycles. The molecule has 0 radical (unpaired) electrons. The summed E-state index contributed by atoms with van der Waals surface area (Å²) >= 11 is 0. The van der Waals surface area contributed by atoms with Crippen LogP contribution in [0.4, 0.5) is 17.6 Å². The first-order chi connectivity index (χ1) is 15.1. The number of carboxylic acid groups (broad SMARTS) is 1. The molecule has 168 valence electrons. The number of rotatable bonds is 5. The predicted molar refractivity (Wildman–Crippen MR) is 109 cm³/mol. The highest BCUT2D eigenvalue weighted by Gasteiger charge is 2.30. The Balaban J connectivity index is 1.49. The van der Waals surface area contributed by atoms with Gasteiger partial charge in [-0.15, -0.1) is 0 Å². The summed E-state index contributed by atoms with van der Waals surface area (Å²) in [6, 6.07) is 8.44. The van der Waals surface area contributed by atoms with Crippen LogP contribution in [0.3, 0.4) is 0 Å². The van der Waals surface area contributed by atoms with Crippen molar-refractivity contribution in [2.75, 3.05) is 0 Å². The number of alkyl halides is 3. The standard InChI is InChI=1S/C23H20F4N2O3/c24-15-5-7-19-17(10-15)18-11-16(6-8-20(18)29(19)12-22(31)32)28-21(30)9-13-1-3-14(4-2-13)23(25,26)27/h1-5,7,10,16H,6,8-9,11-12H2,(H,28,30)(H,31,32)/t16-/m0/s1. The highest BCUT2D eigenvalue weighted by Crippen LogP contribution is 2.33. The van der Waals surface area contributed by atoms with Crippen LogP contribution in [0.25, 0.3) is 10.9 Å². The molecule has 0 aliphatic heterocycles. The van der Waals surface area contributed by atoms with E-state index in [1.807, 2.05) is 0 Å². The van der Waals surface area contributed by atoms with Crippen molar-refractivity contribution in [3.8, 4) is 0 Å². The number of nitrogens with zero attached hydrogens (tertiary/aromatic N) is 1. The van der Waals surface area contributed by atoms with E-state index < -0.39 is 23.5 Å². The lowest BCUT2D eigenvalue weighted by Gasteiger charge is -2.25. The first-order valence-corrected chi connectivity index (χ1v) is 10.1. The molecule has 1 aromatic heterocycles. The van der Waals surface area contributed by atoms with Gasteiger partial charge in [0.05, 0.1) is 12.0 Å². The number of carbonyl (C=O) groups excluding carboxylic acids is 1. The van der Waals surface area contributed by atoms with Gasteiger partial charge in [-0.3, -0.25) is 9.59 Å². The van der Waals surface area contributed by atoms with Gasteiger partial charge < -0.3 is 15.0 Å². The third kappa shape index (κ3) is 4.46. The fraction of sp³-hybridized carbons (Fsp3) is 0.304. The largest absolute Gasteiger partial charge is 0.480 e. The maximum atomic E-state index is 13.9. The maximum absolute atomic E-state index is 13.9. The molecule has 0 spiro atoms. The first-order valence-electron chi connectivity index (χ1n) is 10.1. The second-order valence-electron chi connectivity index (χ2n) is 7.95. The van der Waals surface area contributed by atoms with Crippen LogP contribution in [0.1, 0.15) is 28.8 Å². The Kier molecular flexibility index (Phi) is 5.66. The van der Waals surface area contributed by atoms with Crippen LogP contribution < -0.4 is 5.32 Å². The normalized spacial score (nSPS) is 16.1. The van der Waals surface area contributed by atoms with E-state index in [-0.39, 0.29) is 24.9 Å². The molecule has 1 atom stereocenters. The molecule has 3 aromatic rings. The van der Waals surface area contributed by atoms with Gasteiger partial charge >= 0.3 is 12.1 Å². The molecule has 9 heteroatoms. The number of aliphatic carboxylic acids is 1. The van der Waals surface area contributed by atoms with Crippen molar-refractivity contribution < 1.29 is 32.3 Å². The van der Waals surface area contributed by atoms with E-state index in [4.69, 9.17) is 0 Å². The number of halogens is 4. The van der Waals surface area contributed by atoms with Crippen molar-refractivity contribution in [3.05, 3.63) is 70.7 Å². The Morgan fingerprint density at radius 1 is 1.12 bits per heavy atom. The van der Waals surface area contributed by atoms with Crippen LogP contribution >= 0.6 is 0 Å². The number of aromatic nitrogens is 1. The molecule has 0 fully saturated rings. The Labute approximate surface area is 180 Å². The zero-order valence-electron chi connectivity index (χ0n) is 16.9. The average molecular weight is 448 g/mol. The molecule has 32 heavy (non-hydrogen) atoms. The Morgan fingerprint density at radius 3 is 2.50 bits per heavy atom. The Bertz CT molecular complexity index is 1180. The Morgan fingerprint density at radius 2 is 1.84 bits per heavy atom. The SMILES string of the molecule is O=C(O)Cn1c2c(c3cc(F)ccc31)C[C@@H](NC(=O)Cc1ccc(C(F)(F)F)cc1)CC2. The van der Waals surface area contributed by atoms with E-state index in [0.29, 0.717) is 35.7 Å². The van der Waals surface area contributed by atoms with Gasteiger partial charge in [0.15, 0.2) is 0 Å². The summed E-state index contributed by atoms with van der Waals surface area (Å²) in [4.78, 5) is 23.8. The van der Waals surface area contributed by atoms with Crippen LogP contribution in [0.15, 0.2) is 42.5 Å². The van der Waals surface area contributed by atoms with Gasteiger partial charge in [0, 0.05) is 22.6 Å². The van der Waals surface area contributed by atoms with Gasteiger partial charge in [-0.1, -0.05) is 12.1 Å². The van der Waals surface area contributed by atoms with Crippen molar-refractivity contribution in [3.63, 3.8) is 0 Å². The molecule has 5 nitrogen and oxygen atoms in total. The third-order valence-corrected chi connectivity index (χ3v) is 5.73. The number of amides is 1. The van der Waals surface area contributed by atoms with Crippen LogP contribution in [-0.4, -0.2) is 27.6 Å². The highest BCUT2D eigenvalue weighted by atomic mass is 19.4. The van der Waals surface area contributed by atoms with E-state index in [2.05, 4.69) is 5.32 Å². The topological polar surface area (TPSA) is 71.3 Å². The minimum Gasteiger partial charge on any atom is -0.480 e. The van der Waals surface area contributed by atoms with E-state index in [1.165, 1.54) is 24.3 Å². The van der Waals surface area contributed by atoms with Crippen LogP contribution in [0, 0.1) is 5.82 Å². The summed E-state index contributed by atoms with van der Waals surface area (Å²) in [6.45, 7) is -0.234. The fourth-order valence-electron chi connectivity index (χ4n) is 4.34. The monoisotopic (exact) mass is 448 g/mol. The molecule has 0 saturated heterocycles. The smallest absolute Gasteiger partial charge is 0.416 e. The van der Waals surface area contributed by atoms with E-state index in [0.717, 1.165) is 23.4 Å². The molecule has 4 rings (SSSR count). The van der Waals surface area contributed by atoms with Gasteiger partial charge in [0.1, 0.15) is 12.4 Å². The number of benzene rings is 2. The molecule has 2 N–H and O–H groups in total. The van der Waals surface area contributed by atoms with Crippen LogP contribution in [-0.2, 0) is 41.6 Å². The van der Waals surface area contributed by atoms with Crippen molar-refractivity contribution in [2.24, 2.45) is 0 Å². The summed E-state index contributed by atoms with van der Waals surface area (Å²) in [7, 11) is 0. The van der Waals surface area contributed by atoms with Gasteiger partial charge in [-0.2, -0.15) is 13.2 Å². The molecular formula is C23H20F4N2O3. The molecule has 2 aromatic carbocycles. The van der Waals surface area contributed by atoms with Gasteiger partial charge in [0.25, 0.3) is 0 Å². The maximum Gasteiger partial charge on any atom is 0.416 e. The summed E-state index contributed by atoms with van der Waals surface area (Å²) in [5, 5.41) is 12.8. The van der Waals surface area contributed by atoms with Crippen molar-refractivity contribution >= 4 is 22.8 Å². The lowest BCUT2D eigenvalue weighted by atomic mass is 9.91. The molecule has 1 amide bonds. The van der Waals surface area contributed by atoms with E-state index in [9.17, 15) is 32.3 Å². The first kappa shape index (κ1) is 21.9. The van der Waals surface area contributed by atoms with Crippen molar-refractivity contribution in [1.82, 2.24) is 9.88 Å². The van der Waals surface area contributed by atoms with Crippen LogP contribution in [0.5, 0.6) is 0 Å². The number of nitrogens with one attached hydrogen (secondary N) is 1. The molecule has 0 unspecified atom stereocenters.